The van der Waals surface area contributed by atoms with Crippen LogP contribution in [0.25, 0.3) is 0 Å². The predicted molar refractivity (Wildman–Crippen MR) is 74.8 cm³/mol. The van der Waals surface area contributed by atoms with E-state index in [1.807, 2.05) is 20.8 Å². The predicted octanol–water partition coefficient (Wildman–Crippen LogP) is 2.53. The van der Waals surface area contributed by atoms with E-state index in [2.05, 4.69) is 0 Å². The van der Waals surface area contributed by atoms with E-state index >= 15 is 0 Å². The van der Waals surface area contributed by atoms with Gasteiger partial charge < -0.3 is 4.74 Å². The highest BCUT2D eigenvalue weighted by atomic mass is 35.5. The van der Waals surface area contributed by atoms with Gasteiger partial charge in [-0.1, -0.05) is 17.7 Å². The molecule has 0 saturated carbocycles. The molecule has 4 nitrogen and oxygen atoms in total. The van der Waals surface area contributed by atoms with Gasteiger partial charge >= 0.3 is 0 Å². The Morgan fingerprint density at radius 3 is 2.74 bits per heavy atom. The van der Waals surface area contributed by atoms with Gasteiger partial charge in [0.15, 0.2) is 0 Å². The van der Waals surface area contributed by atoms with Gasteiger partial charge in [0.2, 0.25) is 10.0 Å². The van der Waals surface area contributed by atoms with E-state index in [9.17, 15) is 8.42 Å². The van der Waals surface area contributed by atoms with Crippen LogP contribution in [0.4, 0.5) is 0 Å². The highest BCUT2D eigenvalue weighted by Gasteiger charge is 2.41. The lowest BCUT2D eigenvalue weighted by Gasteiger charge is -2.43. The van der Waals surface area contributed by atoms with Crippen molar-refractivity contribution in [2.75, 3.05) is 13.2 Å². The van der Waals surface area contributed by atoms with E-state index < -0.39 is 15.6 Å². The van der Waals surface area contributed by atoms with Crippen molar-refractivity contribution >= 4 is 21.6 Å². The van der Waals surface area contributed by atoms with Crippen LogP contribution in [0.3, 0.4) is 0 Å². The summed E-state index contributed by atoms with van der Waals surface area (Å²) >= 11 is 5.88. The second-order valence-electron chi connectivity index (χ2n) is 5.43. The molecule has 1 unspecified atom stereocenters. The van der Waals surface area contributed by atoms with Crippen molar-refractivity contribution in [3.05, 3.63) is 29.3 Å². The van der Waals surface area contributed by atoms with Crippen molar-refractivity contribution < 1.29 is 13.2 Å². The Bertz CT molecular complexity index is 571. The average Bonchev–Trinajstić information content (AvgIpc) is 2.32. The van der Waals surface area contributed by atoms with Crippen LogP contribution in [0, 0.1) is 0 Å². The summed E-state index contributed by atoms with van der Waals surface area (Å²) in [5.41, 5.74) is -0.562. The van der Waals surface area contributed by atoms with Crippen molar-refractivity contribution in [2.45, 2.75) is 37.3 Å². The molecule has 1 heterocycles. The Kier molecular flexibility index (Phi) is 3.93. The fourth-order valence-corrected chi connectivity index (χ4v) is 4.28. The molecule has 0 N–H and O–H groups in total. The summed E-state index contributed by atoms with van der Waals surface area (Å²) in [5.74, 6) is 0. The van der Waals surface area contributed by atoms with Crippen LogP contribution in [-0.2, 0) is 14.8 Å². The minimum Gasteiger partial charge on any atom is -0.375 e. The van der Waals surface area contributed by atoms with E-state index in [0.29, 0.717) is 18.2 Å². The van der Waals surface area contributed by atoms with Gasteiger partial charge in [-0.05, 0) is 39.0 Å². The second-order valence-corrected chi connectivity index (χ2v) is 7.73. The van der Waals surface area contributed by atoms with Gasteiger partial charge in [-0.3, -0.25) is 0 Å². The zero-order chi connectivity index (χ0) is 14.3. The standard InChI is InChI=1S/C13H18ClNO3S/c1-10-8-15(13(2,3)9-18-10)19(16,17)12-6-4-5-11(14)7-12/h4-7,10H,8-9H2,1-3H3. The molecule has 1 aromatic rings. The van der Waals surface area contributed by atoms with Crippen molar-refractivity contribution in [1.29, 1.82) is 0 Å². The summed E-state index contributed by atoms with van der Waals surface area (Å²) in [7, 11) is -3.56. The molecular weight excluding hydrogens is 286 g/mol. The first-order valence-electron chi connectivity index (χ1n) is 6.13. The summed E-state index contributed by atoms with van der Waals surface area (Å²) in [5, 5.41) is 0.417. The normalized spacial score (nSPS) is 24.3. The minimum absolute atomic E-state index is 0.109. The first-order valence-corrected chi connectivity index (χ1v) is 7.95. The van der Waals surface area contributed by atoms with Crippen LogP contribution < -0.4 is 0 Å². The summed E-state index contributed by atoms with van der Waals surface area (Å²) in [6, 6.07) is 6.35. The van der Waals surface area contributed by atoms with Gasteiger partial charge in [0.1, 0.15) is 0 Å². The molecule has 1 atom stereocenters. The van der Waals surface area contributed by atoms with Gasteiger partial charge in [0, 0.05) is 11.6 Å². The largest absolute Gasteiger partial charge is 0.375 e. The molecule has 6 heteroatoms. The summed E-state index contributed by atoms with van der Waals surface area (Å²) in [4.78, 5) is 0.224. The molecule has 19 heavy (non-hydrogen) atoms. The maximum Gasteiger partial charge on any atom is 0.243 e. The first-order chi connectivity index (χ1) is 8.73. The fourth-order valence-electron chi connectivity index (χ4n) is 2.13. The van der Waals surface area contributed by atoms with E-state index in [1.165, 1.54) is 10.4 Å². The van der Waals surface area contributed by atoms with Crippen LogP contribution in [0.1, 0.15) is 20.8 Å². The lowest BCUT2D eigenvalue weighted by Crippen LogP contribution is -2.57. The molecule has 2 rings (SSSR count). The maximum atomic E-state index is 12.7. The molecule has 1 aliphatic rings. The highest BCUT2D eigenvalue weighted by molar-refractivity contribution is 7.89. The molecule has 1 fully saturated rings. The smallest absolute Gasteiger partial charge is 0.243 e. The van der Waals surface area contributed by atoms with Crippen LogP contribution in [0.2, 0.25) is 5.02 Å². The van der Waals surface area contributed by atoms with Crippen molar-refractivity contribution in [2.24, 2.45) is 0 Å². The van der Waals surface area contributed by atoms with Crippen LogP contribution in [0.5, 0.6) is 0 Å². The Balaban J connectivity index is 2.43. The molecule has 1 saturated heterocycles. The molecular formula is C13H18ClNO3S. The number of hydrogen-bond acceptors (Lipinski definition) is 3. The Labute approximate surface area is 119 Å². The highest BCUT2D eigenvalue weighted by Crippen LogP contribution is 2.30. The zero-order valence-corrected chi connectivity index (χ0v) is 12.8. The number of hydrogen-bond donors (Lipinski definition) is 0. The fraction of sp³-hybridized carbons (Fsp3) is 0.538. The van der Waals surface area contributed by atoms with E-state index in [0.717, 1.165) is 0 Å². The number of halogens is 1. The van der Waals surface area contributed by atoms with Gasteiger partial charge in [0.25, 0.3) is 0 Å². The maximum absolute atomic E-state index is 12.7. The van der Waals surface area contributed by atoms with Gasteiger partial charge in [-0.2, -0.15) is 4.31 Å². The Morgan fingerprint density at radius 1 is 1.42 bits per heavy atom. The Morgan fingerprint density at radius 2 is 2.11 bits per heavy atom. The molecule has 0 aromatic heterocycles. The van der Waals surface area contributed by atoms with E-state index in [1.54, 1.807) is 18.2 Å². The number of nitrogens with zero attached hydrogens (tertiary/aromatic N) is 1. The first kappa shape index (κ1) is 14.8. The molecule has 0 amide bonds. The quantitative estimate of drug-likeness (QED) is 0.843. The minimum atomic E-state index is -3.56. The van der Waals surface area contributed by atoms with Crippen LogP contribution >= 0.6 is 11.6 Å². The van der Waals surface area contributed by atoms with Crippen molar-refractivity contribution in [1.82, 2.24) is 4.31 Å². The molecule has 1 aromatic carbocycles. The van der Waals surface area contributed by atoms with Crippen molar-refractivity contribution in [3.63, 3.8) is 0 Å². The summed E-state index contributed by atoms with van der Waals surface area (Å²) in [6.45, 7) is 6.33. The molecule has 0 spiro atoms. The third-order valence-electron chi connectivity index (χ3n) is 3.20. The average molecular weight is 304 g/mol. The van der Waals surface area contributed by atoms with Gasteiger partial charge in [-0.25, -0.2) is 8.42 Å². The zero-order valence-electron chi connectivity index (χ0n) is 11.3. The molecule has 0 aliphatic carbocycles. The van der Waals surface area contributed by atoms with Crippen molar-refractivity contribution in [3.8, 4) is 0 Å². The molecule has 106 valence electrons. The molecule has 0 radical (unpaired) electrons. The van der Waals surface area contributed by atoms with E-state index in [-0.39, 0.29) is 11.0 Å². The number of rotatable bonds is 2. The number of morpholine rings is 1. The summed E-state index contributed by atoms with van der Waals surface area (Å²) in [6.07, 6.45) is -0.109. The number of sulfonamides is 1. The van der Waals surface area contributed by atoms with Crippen LogP contribution in [0.15, 0.2) is 29.2 Å². The van der Waals surface area contributed by atoms with Gasteiger partial charge in [0.05, 0.1) is 23.1 Å². The van der Waals surface area contributed by atoms with Crippen LogP contribution in [-0.4, -0.2) is 37.5 Å². The molecule has 0 bridgehead atoms. The Hall–Kier alpha value is -0.620. The lowest BCUT2D eigenvalue weighted by molar-refractivity contribution is -0.0551. The van der Waals surface area contributed by atoms with E-state index in [4.69, 9.17) is 16.3 Å². The third-order valence-corrected chi connectivity index (χ3v) is 5.51. The lowest BCUT2D eigenvalue weighted by atomic mass is 10.1. The number of benzene rings is 1. The third kappa shape index (κ3) is 2.94. The monoisotopic (exact) mass is 303 g/mol. The topological polar surface area (TPSA) is 46.6 Å². The number of ether oxygens (including phenoxy) is 1. The second kappa shape index (κ2) is 5.05. The van der Waals surface area contributed by atoms with Gasteiger partial charge in [-0.15, -0.1) is 0 Å². The molecule has 1 aliphatic heterocycles. The summed E-state index contributed by atoms with van der Waals surface area (Å²) < 4.78 is 32.5. The SMILES string of the molecule is CC1CN(S(=O)(=O)c2cccc(Cl)c2)C(C)(C)CO1.